The Morgan fingerprint density at radius 1 is 1.13 bits per heavy atom. The number of aliphatic imine (C=N–C) groups is 1. The lowest BCUT2D eigenvalue weighted by Gasteiger charge is -2.47. The van der Waals surface area contributed by atoms with Crippen LogP contribution in [0.1, 0.15) is 115 Å². The van der Waals surface area contributed by atoms with Crippen LogP contribution in [0.2, 0.25) is 0 Å². The molecule has 2 heterocycles. The molecule has 1 aromatic rings. The number of benzene rings is 1. The summed E-state index contributed by atoms with van der Waals surface area (Å²) in [6, 6.07) is 9.25. The zero-order chi connectivity index (χ0) is 28.6. The molecule has 1 saturated carbocycles. The van der Waals surface area contributed by atoms with E-state index in [1.807, 2.05) is 12.1 Å². The first-order valence-corrected chi connectivity index (χ1v) is 14.7. The monoisotopic (exact) mass is 534 g/mol. The number of hydrogen-bond acceptors (Lipinski definition) is 5. The molecule has 1 saturated heterocycles. The van der Waals surface area contributed by atoms with E-state index in [1.54, 1.807) is 12.1 Å². The largest absolute Gasteiger partial charge is 0.478 e. The SMILES string of the molecule is CC(C)(C)CC[C@H](c1ccc(C(=O)O)cc1)N1C(=O)C(N2CCCC(C#N)C2)=NC12CCC(C(C)(C)C)CC2. The average Bonchev–Trinajstić information content (AvgIpc) is 3.15. The van der Waals surface area contributed by atoms with Crippen LogP contribution in [-0.4, -0.2) is 51.4 Å². The van der Waals surface area contributed by atoms with E-state index >= 15 is 0 Å². The Kier molecular flexibility index (Phi) is 8.17. The molecule has 0 aromatic heterocycles. The molecule has 4 rings (SSSR count). The van der Waals surface area contributed by atoms with Crippen molar-refractivity contribution < 1.29 is 14.7 Å². The summed E-state index contributed by atoms with van der Waals surface area (Å²) in [6.07, 6.45) is 7.09. The Morgan fingerprint density at radius 3 is 2.31 bits per heavy atom. The molecule has 1 amide bonds. The van der Waals surface area contributed by atoms with Crippen LogP contribution in [0.3, 0.4) is 0 Å². The minimum atomic E-state index is -0.954. The number of carboxylic acids is 1. The molecule has 39 heavy (non-hydrogen) atoms. The predicted molar refractivity (Wildman–Crippen MR) is 153 cm³/mol. The second-order valence-corrected chi connectivity index (χ2v) is 14.2. The van der Waals surface area contributed by atoms with E-state index in [2.05, 4.69) is 57.4 Å². The summed E-state index contributed by atoms with van der Waals surface area (Å²) in [7, 11) is 0. The van der Waals surface area contributed by atoms with Crippen molar-refractivity contribution >= 4 is 17.7 Å². The number of aromatic carboxylic acids is 1. The van der Waals surface area contributed by atoms with Crippen LogP contribution in [0.4, 0.5) is 0 Å². The van der Waals surface area contributed by atoms with Crippen molar-refractivity contribution in [2.75, 3.05) is 13.1 Å². The molecule has 2 aliphatic heterocycles. The highest BCUT2D eigenvalue weighted by molar-refractivity contribution is 6.39. The van der Waals surface area contributed by atoms with E-state index in [-0.39, 0.29) is 34.3 Å². The first kappa shape index (κ1) is 29.1. The molecule has 0 bridgehead atoms. The lowest BCUT2D eigenvalue weighted by atomic mass is 9.69. The molecule has 2 atom stereocenters. The van der Waals surface area contributed by atoms with Crippen LogP contribution < -0.4 is 0 Å². The van der Waals surface area contributed by atoms with Gasteiger partial charge >= 0.3 is 5.97 Å². The van der Waals surface area contributed by atoms with Gasteiger partial charge in [-0.25, -0.2) is 9.79 Å². The number of carboxylic acid groups (broad SMARTS) is 1. The van der Waals surface area contributed by atoms with E-state index in [9.17, 15) is 20.0 Å². The highest BCUT2D eigenvalue weighted by Gasteiger charge is 2.53. The topological polar surface area (TPSA) is 97.0 Å². The minimum absolute atomic E-state index is 0.0379. The number of nitrogens with zero attached hydrogens (tertiary/aromatic N) is 4. The van der Waals surface area contributed by atoms with E-state index < -0.39 is 11.6 Å². The normalized spacial score (nSPS) is 26.9. The summed E-state index contributed by atoms with van der Waals surface area (Å²) < 4.78 is 0. The fraction of sp³-hybridized carbons (Fsp3) is 0.688. The molecular formula is C32H46N4O3. The van der Waals surface area contributed by atoms with E-state index in [0.717, 1.165) is 63.5 Å². The summed E-state index contributed by atoms with van der Waals surface area (Å²) in [5.74, 6) is 0.0113. The van der Waals surface area contributed by atoms with E-state index in [1.165, 1.54) is 0 Å². The van der Waals surface area contributed by atoms with Crippen molar-refractivity contribution in [3.63, 3.8) is 0 Å². The Balaban J connectivity index is 1.75. The van der Waals surface area contributed by atoms with Crippen LogP contribution in [0.25, 0.3) is 0 Å². The lowest BCUT2D eigenvalue weighted by molar-refractivity contribution is -0.134. The molecule has 0 radical (unpaired) electrons. The van der Waals surface area contributed by atoms with E-state index in [0.29, 0.717) is 18.3 Å². The number of likely N-dealkylation sites (tertiary alicyclic amines) is 1. The zero-order valence-electron chi connectivity index (χ0n) is 24.7. The van der Waals surface area contributed by atoms with Gasteiger partial charge in [-0.3, -0.25) is 4.79 Å². The Labute approximate surface area is 234 Å². The number of carbonyl (C=O) groups is 2. The number of amidine groups is 1. The molecule has 7 heteroatoms. The standard InChI is InChI=1S/C32H46N4O3/c1-30(2,3)16-15-26(23-9-11-24(12-10-23)29(38)39)36-28(37)27(35-19-7-8-22(20-33)21-35)34-32(36)17-13-25(14-18-32)31(4,5)6/h9-12,22,25-26H,7-8,13-19,21H2,1-6H3,(H,38,39)/t22?,25?,26-,32?/m1/s1. The molecule has 3 aliphatic rings. The van der Waals surface area contributed by atoms with Crippen molar-refractivity contribution in [1.82, 2.24) is 9.80 Å². The first-order valence-electron chi connectivity index (χ1n) is 14.7. The Hall–Kier alpha value is -2.88. The maximum Gasteiger partial charge on any atom is 0.335 e. The molecule has 1 aromatic carbocycles. The number of nitriles is 1. The third kappa shape index (κ3) is 6.31. The fourth-order valence-corrected chi connectivity index (χ4v) is 6.67. The molecule has 1 aliphatic carbocycles. The predicted octanol–water partition coefficient (Wildman–Crippen LogP) is 6.66. The summed E-state index contributed by atoms with van der Waals surface area (Å²) in [6.45, 7) is 14.8. The highest BCUT2D eigenvalue weighted by Crippen LogP contribution is 2.50. The molecule has 212 valence electrons. The van der Waals surface area contributed by atoms with E-state index in [4.69, 9.17) is 4.99 Å². The summed E-state index contributed by atoms with van der Waals surface area (Å²) >= 11 is 0. The van der Waals surface area contributed by atoms with Gasteiger partial charge in [0.15, 0.2) is 5.84 Å². The second kappa shape index (κ2) is 10.9. The van der Waals surface area contributed by atoms with Crippen molar-refractivity contribution in [2.45, 2.75) is 105 Å². The van der Waals surface area contributed by atoms with Gasteiger partial charge in [0.25, 0.3) is 5.91 Å². The van der Waals surface area contributed by atoms with Crippen molar-refractivity contribution in [3.05, 3.63) is 35.4 Å². The smallest absolute Gasteiger partial charge is 0.335 e. The minimum Gasteiger partial charge on any atom is -0.478 e. The number of hydrogen-bond donors (Lipinski definition) is 1. The fourth-order valence-electron chi connectivity index (χ4n) is 6.67. The maximum atomic E-state index is 14.4. The summed E-state index contributed by atoms with van der Waals surface area (Å²) in [5, 5.41) is 19.1. The Bertz CT molecular complexity index is 1130. The van der Waals surface area contributed by atoms with Gasteiger partial charge in [-0.05, 0) is 85.8 Å². The van der Waals surface area contributed by atoms with Gasteiger partial charge in [-0.2, -0.15) is 5.26 Å². The van der Waals surface area contributed by atoms with Crippen LogP contribution >= 0.6 is 0 Å². The van der Waals surface area contributed by atoms with Gasteiger partial charge in [-0.1, -0.05) is 53.7 Å². The zero-order valence-corrected chi connectivity index (χ0v) is 24.7. The third-order valence-corrected chi connectivity index (χ3v) is 9.11. The third-order valence-electron chi connectivity index (χ3n) is 9.11. The maximum absolute atomic E-state index is 14.4. The molecule has 1 N–H and O–H groups in total. The molecular weight excluding hydrogens is 488 g/mol. The molecule has 1 unspecified atom stereocenters. The van der Waals surface area contributed by atoms with Gasteiger partial charge in [0.1, 0.15) is 5.66 Å². The van der Waals surface area contributed by atoms with Gasteiger partial charge < -0.3 is 14.9 Å². The van der Waals surface area contributed by atoms with Crippen molar-refractivity contribution in [3.8, 4) is 6.07 Å². The van der Waals surface area contributed by atoms with Gasteiger partial charge in [0.2, 0.25) is 0 Å². The average molecular weight is 535 g/mol. The number of piperidine rings is 1. The summed E-state index contributed by atoms with van der Waals surface area (Å²) in [4.78, 5) is 35.4. The first-order chi connectivity index (χ1) is 18.2. The summed E-state index contributed by atoms with van der Waals surface area (Å²) in [5.41, 5.74) is 0.874. The van der Waals surface area contributed by atoms with Crippen LogP contribution in [0.5, 0.6) is 0 Å². The second-order valence-electron chi connectivity index (χ2n) is 14.2. The van der Waals surface area contributed by atoms with Crippen molar-refractivity contribution in [2.24, 2.45) is 27.7 Å². The lowest BCUT2D eigenvalue weighted by Crippen LogP contribution is -2.52. The number of carbonyl (C=O) groups excluding carboxylic acids is 1. The van der Waals surface area contributed by atoms with Crippen LogP contribution in [0.15, 0.2) is 29.3 Å². The molecule has 1 spiro atoms. The number of amides is 1. The highest BCUT2D eigenvalue weighted by atomic mass is 16.4. The number of rotatable bonds is 5. The van der Waals surface area contributed by atoms with Crippen LogP contribution in [-0.2, 0) is 4.79 Å². The van der Waals surface area contributed by atoms with Gasteiger partial charge in [0, 0.05) is 13.1 Å². The molecule has 2 fully saturated rings. The van der Waals surface area contributed by atoms with Gasteiger partial charge in [-0.15, -0.1) is 0 Å². The quantitative estimate of drug-likeness (QED) is 0.455. The van der Waals surface area contributed by atoms with Gasteiger partial charge in [0.05, 0.1) is 23.6 Å². The Morgan fingerprint density at radius 2 is 1.77 bits per heavy atom. The van der Waals surface area contributed by atoms with Crippen molar-refractivity contribution in [1.29, 1.82) is 5.26 Å². The molecule has 7 nitrogen and oxygen atoms in total. The van der Waals surface area contributed by atoms with Crippen LogP contribution in [0, 0.1) is 34.0 Å².